The molecule has 1 heterocycles. The molecule has 3 rings (SSSR count). The normalized spacial score (nSPS) is 23.9. The summed E-state index contributed by atoms with van der Waals surface area (Å²) >= 11 is 5.84. The zero-order chi connectivity index (χ0) is 24.4. The van der Waals surface area contributed by atoms with E-state index in [1.807, 2.05) is 0 Å². The molecule has 1 spiro atoms. The highest BCUT2D eigenvalue weighted by Crippen LogP contribution is 2.43. The van der Waals surface area contributed by atoms with Crippen LogP contribution >= 0.6 is 11.6 Å². The Morgan fingerprint density at radius 2 is 1.82 bits per heavy atom. The lowest BCUT2D eigenvalue weighted by Gasteiger charge is -2.40. The summed E-state index contributed by atoms with van der Waals surface area (Å²) in [4.78, 5) is 51.1. The second-order valence-electron chi connectivity index (χ2n) is 10.0. The summed E-state index contributed by atoms with van der Waals surface area (Å²) in [7, 11) is 0. The minimum absolute atomic E-state index is 0.140. The van der Waals surface area contributed by atoms with Crippen molar-refractivity contribution in [3.8, 4) is 0 Å². The van der Waals surface area contributed by atoms with Crippen molar-refractivity contribution >= 4 is 35.4 Å². The number of ether oxygens (including phenoxy) is 1. The predicted octanol–water partition coefficient (Wildman–Crippen LogP) is 3.41. The van der Waals surface area contributed by atoms with Crippen LogP contribution in [0.3, 0.4) is 0 Å². The highest BCUT2D eigenvalue weighted by Gasteiger charge is 2.53. The van der Waals surface area contributed by atoms with Crippen molar-refractivity contribution in [2.24, 2.45) is 11.3 Å². The van der Waals surface area contributed by atoms with E-state index in [-0.39, 0.29) is 12.0 Å². The standard InChI is InChI=1S/C24H32ClN3O5/c1-15(20(30)26-13-16-5-7-18(25)8-6-16)33-19(29)14-28-21(31)24(27-22(28)32)11-9-17(10-12-24)23(2,3)4/h5-8,15,17H,9-14H2,1-4H3,(H,26,30)(H,27,32). The largest absolute Gasteiger partial charge is 0.451 e. The van der Waals surface area contributed by atoms with Crippen LogP contribution in [0.15, 0.2) is 24.3 Å². The monoisotopic (exact) mass is 477 g/mol. The number of nitrogens with one attached hydrogen (secondary N) is 2. The molecule has 1 aliphatic heterocycles. The topological polar surface area (TPSA) is 105 Å². The molecule has 4 amide bonds. The summed E-state index contributed by atoms with van der Waals surface area (Å²) in [5, 5.41) is 6.08. The molecule has 2 aliphatic rings. The molecule has 8 nitrogen and oxygen atoms in total. The summed E-state index contributed by atoms with van der Waals surface area (Å²) < 4.78 is 5.17. The zero-order valence-electron chi connectivity index (χ0n) is 19.6. The number of hydrogen-bond donors (Lipinski definition) is 2. The molecule has 180 valence electrons. The molecule has 1 saturated heterocycles. The molecule has 0 bridgehead atoms. The van der Waals surface area contributed by atoms with E-state index in [0.717, 1.165) is 23.3 Å². The van der Waals surface area contributed by atoms with Gasteiger partial charge in [-0.1, -0.05) is 44.5 Å². The van der Waals surface area contributed by atoms with Crippen molar-refractivity contribution in [1.82, 2.24) is 15.5 Å². The molecule has 2 fully saturated rings. The van der Waals surface area contributed by atoms with Crippen molar-refractivity contribution in [3.63, 3.8) is 0 Å². The van der Waals surface area contributed by atoms with E-state index in [0.29, 0.717) is 23.8 Å². The minimum Gasteiger partial charge on any atom is -0.451 e. The second-order valence-corrected chi connectivity index (χ2v) is 10.5. The van der Waals surface area contributed by atoms with E-state index >= 15 is 0 Å². The predicted molar refractivity (Wildman–Crippen MR) is 123 cm³/mol. The van der Waals surface area contributed by atoms with Gasteiger partial charge in [0.05, 0.1) is 0 Å². The summed E-state index contributed by atoms with van der Waals surface area (Å²) in [5.74, 6) is -1.21. The summed E-state index contributed by atoms with van der Waals surface area (Å²) in [6.45, 7) is 7.71. The fourth-order valence-corrected chi connectivity index (χ4v) is 4.61. The Morgan fingerprint density at radius 3 is 2.39 bits per heavy atom. The molecule has 33 heavy (non-hydrogen) atoms. The number of hydrogen-bond acceptors (Lipinski definition) is 5. The third-order valence-electron chi connectivity index (χ3n) is 6.65. The number of halogens is 1. The smallest absolute Gasteiger partial charge is 0.327 e. The number of imide groups is 1. The van der Waals surface area contributed by atoms with Crippen LogP contribution in [0.25, 0.3) is 0 Å². The van der Waals surface area contributed by atoms with Gasteiger partial charge < -0.3 is 15.4 Å². The van der Waals surface area contributed by atoms with E-state index in [2.05, 4.69) is 31.4 Å². The molecule has 1 aromatic carbocycles. The van der Waals surface area contributed by atoms with Gasteiger partial charge >= 0.3 is 12.0 Å². The Balaban J connectivity index is 1.50. The molecule has 9 heteroatoms. The van der Waals surface area contributed by atoms with E-state index < -0.39 is 42.0 Å². The Kier molecular flexibility index (Phi) is 7.36. The first-order valence-electron chi connectivity index (χ1n) is 11.3. The number of rotatable bonds is 6. The molecule has 1 unspecified atom stereocenters. The van der Waals surface area contributed by atoms with E-state index in [9.17, 15) is 19.2 Å². The second kappa shape index (κ2) is 9.71. The van der Waals surface area contributed by atoms with Gasteiger partial charge in [-0.15, -0.1) is 0 Å². The van der Waals surface area contributed by atoms with Crippen LogP contribution in [0.5, 0.6) is 0 Å². The molecule has 0 aromatic heterocycles. The number of carbonyl (C=O) groups is 4. The van der Waals surface area contributed by atoms with Crippen LogP contribution < -0.4 is 10.6 Å². The van der Waals surface area contributed by atoms with Gasteiger partial charge in [-0.05, 0) is 61.6 Å². The van der Waals surface area contributed by atoms with Crippen LogP contribution in [-0.2, 0) is 25.7 Å². The molecule has 1 saturated carbocycles. The Labute approximate surface area is 199 Å². The highest BCUT2D eigenvalue weighted by atomic mass is 35.5. The van der Waals surface area contributed by atoms with Crippen LogP contribution in [0.1, 0.15) is 58.9 Å². The molecule has 2 N–H and O–H groups in total. The van der Waals surface area contributed by atoms with Crippen molar-refractivity contribution in [2.75, 3.05) is 6.54 Å². The van der Waals surface area contributed by atoms with Gasteiger partial charge in [-0.3, -0.25) is 19.3 Å². The molecule has 1 atom stereocenters. The van der Waals surface area contributed by atoms with Crippen molar-refractivity contribution in [1.29, 1.82) is 0 Å². The van der Waals surface area contributed by atoms with Gasteiger partial charge in [-0.2, -0.15) is 0 Å². The van der Waals surface area contributed by atoms with Crippen LogP contribution in [0.4, 0.5) is 4.79 Å². The zero-order valence-corrected chi connectivity index (χ0v) is 20.3. The Hall–Kier alpha value is -2.61. The van der Waals surface area contributed by atoms with E-state index in [4.69, 9.17) is 16.3 Å². The minimum atomic E-state index is -1.07. The number of carbonyl (C=O) groups excluding carboxylic acids is 4. The SMILES string of the molecule is CC(OC(=O)CN1C(=O)NC2(CCC(C(C)(C)C)CC2)C1=O)C(=O)NCc1ccc(Cl)cc1. The van der Waals surface area contributed by atoms with Crippen LogP contribution in [0.2, 0.25) is 5.02 Å². The first kappa shape index (κ1) is 25.0. The number of esters is 1. The van der Waals surface area contributed by atoms with Crippen LogP contribution in [0, 0.1) is 11.3 Å². The third kappa shape index (κ3) is 5.85. The van der Waals surface area contributed by atoms with Gasteiger partial charge in [0, 0.05) is 11.6 Å². The fourth-order valence-electron chi connectivity index (χ4n) is 4.49. The first-order valence-corrected chi connectivity index (χ1v) is 11.6. The number of amides is 4. The summed E-state index contributed by atoms with van der Waals surface area (Å²) in [5.41, 5.74) is 0.0407. The van der Waals surface area contributed by atoms with Crippen molar-refractivity contribution < 1.29 is 23.9 Å². The lowest BCUT2D eigenvalue weighted by atomic mass is 9.67. The maximum Gasteiger partial charge on any atom is 0.327 e. The molecular weight excluding hydrogens is 446 g/mol. The Morgan fingerprint density at radius 1 is 1.21 bits per heavy atom. The third-order valence-corrected chi connectivity index (χ3v) is 6.91. The van der Waals surface area contributed by atoms with Crippen molar-refractivity contribution in [3.05, 3.63) is 34.9 Å². The number of benzene rings is 1. The van der Waals surface area contributed by atoms with Gasteiger partial charge in [0.15, 0.2) is 6.10 Å². The summed E-state index contributed by atoms with van der Waals surface area (Å²) in [6, 6.07) is 6.40. The van der Waals surface area contributed by atoms with Gasteiger partial charge in [0.1, 0.15) is 12.1 Å². The molecular formula is C24H32ClN3O5. The lowest BCUT2D eigenvalue weighted by Crippen LogP contribution is -2.51. The number of nitrogens with zero attached hydrogens (tertiary/aromatic N) is 1. The van der Waals surface area contributed by atoms with E-state index in [1.165, 1.54) is 6.92 Å². The van der Waals surface area contributed by atoms with Gasteiger partial charge in [0.25, 0.3) is 11.8 Å². The first-order chi connectivity index (χ1) is 15.4. The van der Waals surface area contributed by atoms with Crippen molar-refractivity contribution in [2.45, 2.75) is 71.6 Å². The number of urea groups is 1. The van der Waals surface area contributed by atoms with Gasteiger partial charge in [0.2, 0.25) is 0 Å². The molecule has 1 aromatic rings. The molecule has 1 aliphatic carbocycles. The summed E-state index contributed by atoms with van der Waals surface area (Å²) in [6.07, 6.45) is 1.70. The Bertz CT molecular complexity index is 917. The maximum atomic E-state index is 13.0. The lowest BCUT2D eigenvalue weighted by molar-refractivity contribution is -0.156. The van der Waals surface area contributed by atoms with Crippen LogP contribution in [-0.4, -0.2) is 46.9 Å². The fraction of sp³-hybridized carbons (Fsp3) is 0.583. The maximum absolute atomic E-state index is 13.0. The molecule has 0 radical (unpaired) electrons. The quantitative estimate of drug-likeness (QED) is 0.482. The van der Waals surface area contributed by atoms with Gasteiger partial charge in [-0.25, -0.2) is 4.79 Å². The van der Waals surface area contributed by atoms with E-state index in [1.54, 1.807) is 24.3 Å². The average Bonchev–Trinajstić information content (AvgIpc) is 2.96. The highest BCUT2D eigenvalue weighted by molar-refractivity contribution is 6.30. The average molecular weight is 478 g/mol.